The Bertz CT molecular complexity index is 36.2. The first kappa shape index (κ1) is 9.02. The molecule has 0 spiro atoms. The van der Waals surface area contributed by atoms with Crippen LogP contribution in [0.5, 0.6) is 0 Å². The molecule has 5 heavy (non-hydrogen) atoms. The molecule has 4 heteroatoms. The minimum atomic E-state index is 0.250. The summed E-state index contributed by atoms with van der Waals surface area (Å²) >= 11 is 0. The molecule has 0 aromatic heterocycles. The third-order valence-corrected chi connectivity index (χ3v) is 0. The Morgan fingerprint density at radius 1 is 1.20 bits per heavy atom. The zero-order chi connectivity index (χ0) is 4.71. The van der Waals surface area contributed by atoms with Crippen LogP contribution in [0.2, 0.25) is 0 Å². The van der Waals surface area contributed by atoms with E-state index in [1.807, 2.05) is 0 Å². The van der Waals surface area contributed by atoms with Crippen LogP contribution in [0.4, 0.5) is 0 Å². The van der Waals surface area contributed by atoms with Crippen LogP contribution in [0.25, 0.3) is 0 Å². The molecule has 0 saturated carbocycles. The number of nitroso groups, excluding NO2 is 1. The van der Waals surface area contributed by atoms with Gasteiger partial charge in [0.1, 0.15) is 0 Å². The van der Waals surface area contributed by atoms with Gasteiger partial charge < -0.3 is 0 Å². The van der Waals surface area contributed by atoms with Crippen molar-refractivity contribution in [2.45, 2.75) is 0 Å². The average molecular weight is 75.0 g/mol. The van der Waals surface area contributed by atoms with E-state index in [1.165, 1.54) is 0 Å². The van der Waals surface area contributed by atoms with Crippen LogP contribution in [0.15, 0.2) is 0 Å². The first-order valence-electron chi connectivity index (χ1n) is 0.612. The molecule has 28 valence electrons. The van der Waals surface area contributed by atoms with Gasteiger partial charge >= 0.3 is 6.15 Å². The van der Waals surface area contributed by atoms with Crippen molar-refractivity contribution in [3.8, 4) is 0 Å². The fraction of sp³-hybridized carbons (Fsp3) is 0. The standard InChI is InChI=1S/CO2.HNO/c2-1-3;1-2/h;1H. The zero-order valence-electron chi connectivity index (χ0n) is 2.22. The molecule has 0 fully saturated rings. The molecule has 0 heterocycles. The van der Waals surface area contributed by atoms with Crippen molar-refractivity contribution in [1.29, 1.82) is 5.59 Å². The molecular weight excluding hydrogens is 74.0 g/mol. The second-order valence-corrected chi connectivity index (χ2v) is 0.0833. The van der Waals surface area contributed by atoms with Gasteiger partial charge in [-0.05, 0) is 0 Å². The van der Waals surface area contributed by atoms with E-state index in [4.69, 9.17) is 14.5 Å². The molecule has 0 aromatic carbocycles. The second kappa shape index (κ2) is 29200. The molecule has 0 aliphatic rings. The molecule has 0 unspecified atom stereocenters. The predicted octanol–water partition coefficient (Wildman–Crippen LogP) is -0.252. The summed E-state index contributed by atoms with van der Waals surface area (Å²) in [4.78, 5) is 23.8. The lowest BCUT2D eigenvalue weighted by molar-refractivity contribution is -0.191. The van der Waals surface area contributed by atoms with Crippen molar-refractivity contribution in [2.24, 2.45) is 0 Å². The minimum Gasteiger partial charge on any atom is -0.186 e. The van der Waals surface area contributed by atoms with Crippen LogP contribution in [0.1, 0.15) is 0 Å². The minimum absolute atomic E-state index is 0.250. The topological polar surface area (TPSA) is 75.1 Å². The van der Waals surface area contributed by atoms with Crippen molar-refractivity contribution < 1.29 is 9.59 Å². The quantitative estimate of drug-likeness (QED) is 0.403. The van der Waals surface area contributed by atoms with Gasteiger partial charge in [-0.15, -0.1) is 0 Å². The van der Waals surface area contributed by atoms with Crippen molar-refractivity contribution in [2.75, 3.05) is 0 Å². The number of rotatable bonds is 0. The maximum atomic E-state index is 8.12. The highest BCUT2D eigenvalue weighted by Crippen LogP contribution is 0.787. The summed E-state index contributed by atoms with van der Waals surface area (Å²) in [6.07, 6.45) is 0.250. The van der Waals surface area contributed by atoms with E-state index < -0.39 is 0 Å². The van der Waals surface area contributed by atoms with Gasteiger partial charge in [0.2, 0.25) is 0 Å². The largest absolute Gasteiger partial charge is 0.373 e. The van der Waals surface area contributed by atoms with Gasteiger partial charge in [0.25, 0.3) is 0 Å². The van der Waals surface area contributed by atoms with Crippen molar-refractivity contribution >= 4 is 6.15 Å². The van der Waals surface area contributed by atoms with Gasteiger partial charge in [-0.2, -0.15) is 14.5 Å². The van der Waals surface area contributed by atoms with E-state index in [0.717, 1.165) is 0 Å². The highest BCUT2D eigenvalue weighted by atomic mass is 16.2. The van der Waals surface area contributed by atoms with Gasteiger partial charge in [0, 0.05) is 0 Å². The van der Waals surface area contributed by atoms with Gasteiger partial charge in [0.15, 0.2) is 0 Å². The van der Waals surface area contributed by atoms with Gasteiger partial charge in [0.05, 0.1) is 0 Å². The van der Waals surface area contributed by atoms with Crippen molar-refractivity contribution in [1.82, 2.24) is 0 Å². The van der Waals surface area contributed by atoms with Crippen molar-refractivity contribution in [3.05, 3.63) is 4.91 Å². The lowest BCUT2D eigenvalue weighted by Crippen LogP contribution is -1.22. The Kier molecular flexibility index (Phi) is 52700. The Morgan fingerprint density at radius 2 is 1.20 bits per heavy atom. The molecule has 4 nitrogen and oxygen atoms in total. The van der Waals surface area contributed by atoms with E-state index in [1.54, 1.807) is 0 Å². The Labute approximate surface area is 27.6 Å². The van der Waals surface area contributed by atoms with Crippen LogP contribution in [-0.4, -0.2) is 6.15 Å². The number of carbonyl (C=O) groups excluding carboxylic acids is 2. The Hall–Kier alpha value is -1.02. The van der Waals surface area contributed by atoms with Gasteiger partial charge in [-0.3, -0.25) is 0 Å². The monoisotopic (exact) mass is 75.0 g/mol. The van der Waals surface area contributed by atoms with Crippen LogP contribution >= 0.6 is 0 Å². The maximum absolute atomic E-state index is 8.12. The Morgan fingerprint density at radius 3 is 1.20 bits per heavy atom. The molecule has 0 rings (SSSR count). The molecule has 0 saturated heterocycles. The summed E-state index contributed by atoms with van der Waals surface area (Å²) in [6.45, 7) is 0. The van der Waals surface area contributed by atoms with E-state index in [-0.39, 0.29) is 6.15 Å². The van der Waals surface area contributed by atoms with E-state index >= 15 is 0 Å². The predicted molar refractivity (Wildman–Crippen MR) is 11.1 cm³/mol. The summed E-state index contributed by atoms with van der Waals surface area (Å²) in [7, 11) is 0. The number of hydrogen-bond donors (Lipinski definition) is 1. The first-order chi connectivity index (χ1) is 2.41. The highest BCUT2D eigenvalue weighted by molar-refractivity contribution is 5.20. The zero-order valence-corrected chi connectivity index (χ0v) is 2.22. The molecule has 0 aromatic rings. The average Bonchev–Trinajstić information content (AvgIpc) is 1.46. The van der Waals surface area contributed by atoms with Crippen LogP contribution in [0.3, 0.4) is 0 Å². The summed E-state index contributed by atoms with van der Waals surface area (Å²) in [5, 5.41) is 0. The van der Waals surface area contributed by atoms with E-state index in [0.29, 0.717) is 0 Å². The third kappa shape index (κ3) is 2.75. The molecular formula is CHNO3. The third-order valence-electron chi connectivity index (χ3n) is 0. The van der Waals surface area contributed by atoms with E-state index in [9.17, 15) is 0 Å². The van der Waals surface area contributed by atoms with Gasteiger partial charge in [-0.1, -0.05) is 5.59 Å². The first-order valence-corrected chi connectivity index (χ1v) is 0.612. The maximum Gasteiger partial charge on any atom is 0.373 e. The summed E-state index contributed by atoms with van der Waals surface area (Å²) in [5.74, 6) is 0. The number of nitrogens with one attached hydrogen (secondary N) is 1. The Balaban J connectivity index is 0. The fourth-order valence-electron chi connectivity index (χ4n) is 0. The smallest absolute Gasteiger partial charge is 0.186 e. The van der Waals surface area contributed by atoms with Crippen LogP contribution < -0.4 is 0 Å². The molecule has 0 aliphatic heterocycles. The molecule has 0 atom stereocenters. The van der Waals surface area contributed by atoms with Crippen LogP contribution in [-0.2, 0) is 9.59 Å². The molecule has 0 bridgehead atoms. The highest BCUT2D eigenvalue weighted by Gasteiger charge is 1.13. The summed E-state index contributed by atoms with van der Waals surface area (Å²) in [6, 6.07) is 0. The molecule has 0 amide bonds. The lowest BCUT2D eigenvalue weighted by atomic mass is 11.8. The fourth-order valence-corrected chi connectivity index (χ4v) is 0. The SMILES string of the molecule is N=O.O=C=O. The normalized spacial score (nSPS) is 2.40. The van der Waals surface area contributed by atoms with Crippen LogP contribution in [0, 0.1) is 10.5 Å². The second-order valence-electron chi connectivity index (χ2n) is 0.0833. The lowest BCUT2D eigenvalue weighted by Gasteiger charge is -0.945. The van der Waals surface area contributed by atoms with Gasteiger partial charge in [-0.25, -0.2) is 0 Å². The molecule has 0 aliphatic carbocycles. The summed E-state index contributed by atoms with van der Waals surface area (Å²) < 4.78 is 0. The molecule has 1 N–H and O–H groups in total. The molecule has 0 radical (unpaired) electrons. The summed E-state index contributed by atoms with van der Waals surface area (Å²) in [5.41, 5.74) is 4.50. The van der Waals surface area contributed by atoms with Crippen molar-refractivity contribution in [3.63, 3.8) is 0 Å². The number of hydrogen-bond acceptors (Lipinski definition) is 4. The van der Waals surface area contributed by atoms with E-state index in [2.05, 4.69) is 5.59 Å².